The predicted molar refractivity (Wildman–Crippen MR) is 97.9 cm³/mol. The molecular weight excluding hydrogens is 410 g/mol. The zero-order chi connectivity index (χ0) is 15.9. The normalized spacial score (nSPS) is 10.9. The molecule has 0 aromatic heterocycles. The van der Waals surface area contributed by atoms with Crippen LogP contribution in [0.2, 0.25) is 0 Å². The highest BCUT2D eigenvalue weighted by Crippen LogP contribution is 2.32. The van der Waals surface area contributed by atoms with E-state index in [4.69, 9.17) is 9.47 Å². The molecule has 0 aliphatic carbocycles. The number of halogens is 2. The van der Waals surface area contributed by atoms with Gasteiger partial charge in [0, 0.05) is 16.3 Å². The van der Waals surface area contributed by atoms with Crippen molar-refractivity contribution in [3.63, 3.8) is 0 Å². The third kappa shape index (κ3) is 4.58. The first-order valence-electron chi connectivity index (χ1n) is 6.94. The van der Waals surface area contributed by atoms with Gasteiger partial charge in [-0.1, -0.05) is 22.9 Å². The molecule has 0 radical (unpaired) electrons. The van der Waals surface area contributed by atoms with E-state index in [-0.39, 0.29) is 0 Å². The highest BCUT2D eigenvalue weighted by atomic mass is 79.9. The molecule has 2 aromatic rings. The van der Waals surface area contributed by atoms with Crippen LogP contribution in [0.25, 0.3) is 0 Å². The summed E-state index contributed by atoms with van der Waals surface area (Å²) >= 11 is 7.04. The first-order valence-corrected chi connectivity index (χ1v) is 8.52. The van der Waals surface area contributed by atoms with Crippen LogP contribution < -0.4 is 9.47 Å². The van der Waals surface area contributed by atoms with E-state index in [1.165, 1.54) is 0 Å². The fourth-order valence-electron chi connectivity index (χ4n) is 1.84. The molecule has 0 aliphatic rings. The van der Waals surface area contributed by atoms with Crippen LogP contribution in [0.15, 0.2) is 50.3 Å². The molecule has 2 aromatic carbocycles. The van der Waals surface area contributed by atoms with E-state index in [0.29, 0.717) is 6.61 Å². The molecule has 0 fully saturated rings. The maximum atomic E-state index is 5.82. The lowest BCUT2D eigenvalue weighted by Gasteiger charge is -2.11. The first-order chi connectivity index (χ1) is 10.6. The fourth-order valence-corrected chi connectivity index (χ4v) is 3.22. The predicted octanol–water partition coefficient (Wildman–Crippen LogP) is 5.76. The van der Waals surface area contributed by atoms with Gasteiger partial charge in [0.2, 0.25) is 0 Å². The number of benzene rings is 2. The van der Waals surface area contributed by atoms with Crippen LogP contribution >= 0.6 is 31.9 Å². The summed E-state index contributed by atoms with van der Waals surface area (Å²) in [6, 6.07) is 11.6. The SMILES string of the molecule is CCCOc1c(Br)cc(Br)cc1C=Nc1ccc(OC)cc1. The van der Waals surface area contributed by atoms with Crippen molar-refractivity contribution in [2.45, 2.75) is 13.3 Å². The van der Waals surface area contributed by atoms with Gasteiger partial charge in [0.25, 0.3) is 0 Å². The monoisotopic (exact) mass is 425 g/mol. The Bertz CT molecular complexity index is 654. The van der Waals surface area contributed by atoms with Crippen molar-refractivity contribution in [2.24, 2.45) is 4.99 Å². The molecule has 0 heterocycles. The Labute approximate surface area is 147 Å². The van der Waals surface area contributed by atoms with Crippen LogP contribution in [0.5, 0.6) is 11.5 Å². The van der Waals surface area contributed by atoms with Gasteiger partial charge in [-0.2, -0.15) is 0 Å². The molecule has 0 bridgehead atoms. The Hall–Kier alpha value is -1.33. The summed E-state index contributed by atoms with van der Waals surface area (Å²) in [6.45, 7) is 2.75. The van der Waals surface area contributed by atoms with Gasteiger partial charge < -0.3 is 9.47 Å². The van der Waals surface area contributed by atoms with Crippen LogP contribution in [0.1, 0.15) is 18.9 Å². The van der Waals surface area contributed by atoms with Gasteiger partial charge in [0.15, 0.2) is 0 Å². The number of methoxy groups -OCH3 is 1. The molecule has 0 aliphatic heterocycles. The second-order valence-electron chi connectivity index (χ2n) is 4.61. The van der Waals surface area contributed by atoms with Gasteiger partial charge in [-0.3, -0.25) is 4.99 Å². The van der Waals surface area contributed by atoms with E-state index in [1.807, 2.05) is 42.6 Å². The van der Waals surface area contributed by atoms with E-state index in [1.54, 1.807) is 7.11 Å². The summed E-state index contributed by atoms with van der Waals surface area (Å²) in [5.74, 6) is 1.62. The summed E-state index contributed by atoms with van der Waals surface area (Å²) in [4.78, 5) is 4.50. The van der Waals surface area contributed by atoms with Crippen molar-refractivity contribution in [3.8, 4) is 11.5 Å². The average Bonchev–Trinajstić information content (AvgIpc) is 2.52. The largest absolute Gasteiger partial charge is 0.497 e. The van der Waals surface area contributed by atoms with Crippen molar-refractivity contribution >= 4 is 43.8 Å². The molecule has 0 spiro atoms. The molecular formula is C17H17Br2NO2. The van der Waals surface area contributed by atoms with Crippen molar-refractivity contribution in [2.75, 3.05) is 13.7 Å². The van der Waals surface area contributed by atoms with E-state index >= 15 is 0 Å². The molecule has 5 heteroatoms. The van der Waals surface area contributed by atoms with E-state index in [2.05, 4.69) is 43.8 Å². The Kier molecular flexibility index (Phi) is 6.46. The highest BCUT2D eigenvalue weighted by Gasteiger charge is 2.08. The fraction of sp³-hybridized carbons (Fsp3) is 0.235. The van der Waals surface area contributed by atoms with E-state index in [0.717, 1.165) is 38.1 Å². The summed E-state index contributed by atoms with van der Waals surface area (Å²) < 4.78 is 12.8. The molecule has 0 saturated heterocycles. The first kappa shape index (κ1) is 17.0. The molecule has 116 valence electrons. The van der Waals surface area contributed by atoms with Crippen molar-refractivity contribution in [1.29, 1.82) is 0 Å². The summed E-state index contributed by atoms with van der Waals surface area (Å²) in [5, 5.41) is 0. The number of ether oxygens (including phenoxy) is 2. The van der Waals surface area contributed by atoms with Gasteiger partial charge >= 0.3 is 0 Å². The van der Waals surface area contributed by atoms with Gasteiger partial charge in [-0.25, -0.2) is 0 Å². The lowest BCUT2D eigenvalue weighted by Crippen LogP contribution is -1.99. The quantitative estimate of drug-likeness (QED) is 0.549. The molecule has 0 N–H and O–H groups in total. The van der Waals surface area contributed by atoms with Gasteiger partial charge in [-0.15, -0.1) is 0 Å². The molecule has 22 heavy (non-hydrogen) atoms. The van der Waals surface area contributed by atoms with Crippen LogP contribution in [-0.2, 0) is 0 Å². The Morgan fingerprint density at radius 2 is 1.86 bits per heavy atom. The second-order valence-corrected chi connectivity index (χ2v) is 6.38. The molecule has 0 saturated carbocycles. The van der Waals surface area contributed by atoms with Crippen LogP contribution in [0.3, 0.4) is 0 Å². The number of hydrogen-bond acceptors (Lipinski definition) is 3. The number of rotatable bonds is 6. The van der Waals surface area contributed by atoms with Gasteiger partial charge in [0.1, 0.15) is 11.5 Å². The van der Waals surface area contributed by atoms with Gasteiger partial charge in [-0.05, 0) is 58.7 Å². The lowest BCUT2D eigenvalue weighted by atomic mass is 10.2. The molecule has 0 unspecified atom stereocenters. The minimum Gasteiger partial charge on any atom is -0.497 e. The van der Waals surface area contributed by atoms with Crippen LogP contribution in [0.4, 0.5) is 5.69 Å². The zero-order valence-electron chi connectivity index (χ0n) is 12.5. The Balaban J connectivity index is 2.28. The summed E-state index contributed by atoms with van der Waals surface area (Å²) in [6.07, 6.45) is 2.76. The van der Waals surface area contributed by atoms with Crippen LogP contribution in [-0.4, -0.2) is 19.9 Å². The number of nitrogens with zero attached hydrogens (tertiary/aromatic N) is 1. The van der Waals surface area contributed by atoms with Crippen molar-refractivity contribution in [1.82, 2.24) is 0 Å². The Morgan fingerprint density at radius 3 is 2.50 bits per heavy atom. The van der Waals surface area contributed by atoms with Crippen molar-refractivity contribution < 1.29 is 9.47 Å². The lowest BCUT2D eigenvalue weighted by molar-refractivity contribution is 0.315. The minimum atomic E-state index is 0.670. The van der Waals surface area contributed by atoms with E-state index in [9.17, 15) is 0 Å². The Morgan fingerprint density at radius 1 is 1.14 bits per heavy atom. The zero-order valence-corrected chi connectivity index (χ0v) is 15.6. The molecule has 0 amide bonds. The summed E-state index contributed by atoms with van der Waals surface area (Å²) in [7, 11) is 1.65. The van der Waals surface area contributed by atoms with E-state index < -0.39 is 0 Å². The number of hydrogen-bond donors (Lipinski definition) is 0. The maximum absolute atomic E-state index is 5.82. The third-order valence-corrected chi connectivity index (χ3v) is 3.96. The maximum Gasteiger partial charge on any atom is 0.142 e. The molecule has 2 rings (SSSR count). The highest BCUT2D eigenvalue weighted by molar-refractivity contribution is 9.11. The minimum absolute atomic E-state index is 0.670. The molecule has 0 atom stereocenters. The average molecular weight is 427 g/mol. The topological polar surface area (TPSA) is 30.8 Å². The third-order valence-electron chi connectivity index (χ3n) is 2.91. The standard InChI is InChI=1S/C17H17Br2NO2/c1-3-8-22-17-12(9-13(18)10-16(17)19)11-20-14-4-6-15(21-2)7-5-14/h4-7,9-11H,3,8H2,1-2H3. The smallest absolute Gasteiger partial charge is 0.142 e. The summed E-state index contributed by atoms with van der Waals surface area (Å²) in [5.41, 5.74) is 1.78. The van der Waals surface area contributed by atoms with Crippen LogP contribution in [0, 0.1) is 0 Å². The van der Waals surface area contributed by atoms with Crippen molar-refractivity contribution in [3.05, 3.63) is 50.9 Å². The second kappa shape index (κ2) is 8.34. The molecule has 3 nitrogen and oxygen atoms in total. The number of aliphatic imine (C=N–C) groups is 1. The van der Waals surface area contributed by atoms with Gasteiger partial charge in [0.05, 0.1) is 23.9 Å².